The summed E-state index contributed by atoms with van der Waals surface area (Å²) in [5.74, 6) is 0.666. The van der Waals surface area contributed by atoms with Crippen LogP contribution in [0.25, 0.3) is 0 Å². The molecule has 1 aliphatic heterocycles. The van der Waals surface area contributed by atoms with Crippen LogP contribution in [0.4, 0.5) is 0 Å². The predicted molar refractivity (Wildman–Crippen MR) is 90.7 cm³/mol. The van der Waals surface area contributed by atoms with E-state index in [0.717, 1.165) is 19.4 Å². The van der Waals surface area contributed by atoms with E-state index in [1.165, 1.54) is 17.5 Å². The average molecular weight is 369 g/mol. The lowest BCUT2D eigenvalue weighted by atomic mass is 10.00. The molecule has 0 bridgehead atoms. The number of sulfonamides is 1. The fraction of sp³-hybridized carbons (Fsp3) is 0.571. The molecule has 1 unspecified atom stereocenters. The van der Waals surface area contributed by atoms with Gasteiger partial charge in [0.2, 0.25) is 10.0 Å². The summed E-state index contributed by atoms with van der Waals surface area (Å²) < 4.78 is 32.4. The molecule has 0 spiro atoms. The average Bonchev–Trinajstić information content (AvgIpc) is 2.48. The first kappa shape index (κ1) is 19.5. The Labute approximate surface area is 143 Å². The summed E-state index contributed by atoms with van der Waals surface area (Å²) in [6, 6.07) is 4.67. The van der Waals surface area contributed by atoms with Gasteiger partial charge in [0.05, 0.1) is 7.11 Å². The van der Waals surface area contributed by atoms with Crippen molar-refractivity contribution in [2.45, 2.75) is 17.7 Å². The van der Waals surface area contributed by atoms with Gasteiger partial charge in [0.15, 0.2) is 0 Å². The number of hydrogen-bond donors (Lipinski definition) is 1. The van der Waals surface area contributed by atoms with E-state index in [-0.39, 0.29) is 17.3 Å². The molecule has 5 nitrogen and oxygen atoms in total. The van der Waals surface area contributed by atoms with Crippen molar-refractivity contribution in [3.8, 4) is 5.75 Å². The molecule has 0 radical (unpaired) electrons. The summed E-state index contributed by atoms with van der Waals surface area (Å²) in [5.41, 5.74) is 0. The molecular formula is C14H22Cl2N2O3S. The lowest BCUT2D eigenvalue weighted by Gasteiger charge is -2.32. The summed E-state index contributed by atoms with van der Waals surface area (Å²) >= 11 is 5.95. The third kappa shape index (κ3) is 4.26. The molecule has 22 heavy (non-hydrogen) atoms. The highest BCUT2D eigenvalue weighted by molar-refractivity contribution is 7.89. The van der Waals surface area contributed by atoms with E-state index in [1.54, 1.807) is 12.1 Å². The number of halogens is 2. The molecule has 1 saturated heterocycles. The minimum Gasteiger partial charge on any atom is -0.495 e. The molecule has 1 fully saturated rings. The van der Waals surface area contributed by atoms with Gasteiger partial charge in [0.1, 0.15) is 10.6 Å². The van der Waals surface area contributed by atoms with Gasteiger partial charge in [-0.2, -0.15) is 4.31 Å². The van der Waals surface area contributed by atoms with Crippen molar-refractivity contribution in [2.24, 2.45) is 5.92 Å². The van der Waals surface area contributed by atoms with Gasteiger partial charge >= 0.3 is 0 Å². The number of rotatable bonds is 5. The quantitative estimate of drug-likeness (QED) is 0.866. The first-order valence-electron chi connectivity index (χ1n) is 6.97. The highest BCUT2D eigenvalue weighted by atomic mass is 35.5. The highest BCUT2D eigenvalue weighted by Gasteiger charge is 2.32. The van der Waals surface area contributed by atoms with Gasteiger partial charge < -0.3 is 10.1 Å². The number of piperidine rings is 1. The lowest BCUT2D eigenvalue weighted by Crippen LogP contribution is -2.42. The van der Waals surface area contributed by atoms with Crippen LogP contribution in [-0.2, 0) is 10.0 Å². The van der Waals surface area contributed by atoms with Crippen molar-refractivity contribution in [3.63, 3.8) is 0 Å². The van der Waals surface area contributed by atoms with Crippen LogP contribution in [0.3, 0.4) is 0 Å². The Morgan fingerprint density at radius 2 is 2.18 bits per heavy atom. The molecular weight excluding hydrogens is 347 g/mol. The van der Waals surface area contributed by atoms with Gasteiger partial charge in [-0.05, 0) is 50.6 Å². The molecule has 0 amide bonds. The van der Waals surface area contributed by atoms with Crippen molar-refractivity contribution >= 4 is 34.0 Å². The van der Waals surface area contributed by atoms with Gasteiger partial charge in [-0.1, -0.05) is 11.6 Å². The zero-order valence-electron chi connectivity index (χ0n) is 12.7. The second kappa shape index (κ2) is 8.36. The Bertz CT molecular complexity index is 594. The molecule has 0 aliphatic carbocycles. The minimum atomic E-state index is -3.58. The molecule has 2 rings (SSSR count). The predicted octanol–water partition coefficient (Wildman–Crippen LogP) is 2.39. The summed E-state index contributed by atoms with van der Waals surface area (Å²) in [5, 5.41) is 3.50. The van der Waals surface area contributed by atoms with Crippen LogP contribution < -0.4 is 10.1 Å². The standard InChI is InChI=1S/C14H21ClN2O3S.ClH/c1-16-9-11-4-3-7-17(10-11)21(18,19)14-8-12(15)5-6-13(14)20-2;/h5-6,8,11,16H,3-4,7,9-10H2,1-2H3;1H. The van der Waals surface area contributed by atoms with E-state index in [9.17, 15) is 8.42 Å². The van der Waals surface area contributed by atoms with Crippen LogP contribution in [-0.4, -0.2) is 46.5 Å². The number of nitrogens with one attached hydrogen (secondary N) is 1. The molecule has 1 atom stereocenters. The summed E-state index contributed by atoms with van der Waals surface area (Å²) in [6.07, 6.45) is 1.91. The Morgan fingerprint density at radius 1 is 1.45 bits per heavy atom. The maximum Gasteiger partial charge on any atom is 0.246 e. The second-order valence-electron chi connectivity index (χ2n) is 5.22. The smallest absolute Gasteiger partial charge is 0.246 e. The largest absolute Gasteiger partial charge is 0.495 e. The zero-order valence-corrected chi connectivity index (χ0v) is 15.1. The molecule has 1 heterocycles. The zero-order chi connectivity index (χ0) is 15.5. The van der Waals surface area contributed by atoms with Crippen LogP contribution in [0, 0.1) is 5.92 Å². The Balaban J connectivity index is 0.00000242. The van der Waals surface area contributed by atoms with Crippen molar-refractivity contribution < 1.29 is 13.2 Å². The summed E-state index contributed by atoms with van der Waals surface area (Å²) in [6.45, 7) is 1.88. The van der Waals surface area contributed by atoms with E-state index < -0.39 is 10.0 Å². The van der Waals surface area contributed by atoms with Crippen LogP contribution in [0.2, 0.25) is 5.02 Å². The van der Waals surface area contributed by atoms with Crippen molar-refractivity contribution in [1.82, 2.24) is 9.62 Å². The maximum atomic E-state index is 12.8. The molecule has 0 aromatic heterocycles. The molecule has 0 saturated carbocycles. The fourth-order valence-corrected chi connectivity index (χ4v) is 4.66. The molecule has 126 valence electrons. The second-order valence-corrected chi connectivity index (χ2v) is 7.57. The SMILES string of the molecule is CNCC1CCCN(S(=O)(=O)c2cc(Cl)ccc2OC)C1.Cl. The third-order valence-corrected chi connectivity index (χ3v) is 5.84. The van der Waals surface area contributed by atoms with Crippen LogP contribution in [0.15, 0.2) is 23.1 Å². The Kier molecular flexibility index (Phi) is 7.41. The number of nitrogens with zero attached hydrogens (tertiary/aromatic N) is 1. The van der Waals surface area contributed by atoms with E-state index in [4.69, 9.17) is 16.3 Å². The minimum absolute atomic E-state index is 0. The summed E-state index contributed by atoms with van der Waals surface area (Å²) in [4.78, 5) is 0.141. The van der Waals surface area contributed by atoms with Gasteiger partial charge in [-0.25, -0.2) is 8.42 Å². The normalized spacial score (nSPS) is 19.5. The van der Waals surface area contributed by atoms with E-state index >= 15 is 0 Å². The lowest BCUT2D eigenvalue weighted by molar-refractivity contribution is 0.262. The Hall–Kier alpha value is -0.530. The first-order chi connectivity index (χ1) is 9.98. The van der Waals surface area contributed by atoms with Gasteiger partial charge in [0.25, 0.3) is 0 Å². The number of methoxy groups -OCH3 is 1. The van der Waals surface area contributed by atoms with E-state index in [1.807, 2.05) is 7.05 Å². The topological polar surface area (TPSA) is 58.6 Å². The van der Waals surface area contributed by atoms with Gasteiger partial charge in [-0.3, -0.25) is 0 Å². The van der Waals surface area contributed by atoms with Crippen molar-refractivity contribution in [3.05, 3.63) is 23.2 Å². The third-order valence-electron chi connectivity index (χ3n) is 3.72. The maximum absolute atomic E-state index is 12.8. The monoisotopic (exact) mass is 368 g/mol. The molecule has 1 aliphatic rings. The van der Waals surface area contributed by atoms with Crippen molar-refractivity contribution in [1.29, 1.82) is 0 Å². The van der Waals surface area contributed by atoms with Gasteiger partial charge in [0, 0.05) is 18.1 Å². The first-order valence-corrected chi connectivity index (χ1v) is 8.79. The van der Waals surface area contributed by atoms with E-state index in [2.05, 4.69) is 5.32 Å². The fourth-order valence-electron chi connectivity index (χ4n) is 2.69. The molecule has 1 aromatic rings. The molecule has 1 aromatic carbocycles. The number of benzene rings is 1. The van der Waals surface area contributed by atoms with Crippen LogP contribution in [0.5, 0.6) is 5.75 Å². The summed E-state index contributed by atoms with van der Waals surface area (Å²) in [7, 11) is -0.239. The van der Waals surface area contributed by atoms with Crippen molar-refractivity contribution in [2.75, 3.05) is 33.8 Å². The molecule has 8 heteroatoms. The number of hydrogen-bond acceptors (Lipinski definition) is 4. The van der Waals surface area contributed by atoms with Gasteiger partial charge in [-0.15, -0.1) is 12.4 Å². The molecule has 1 N–H and O–H groups in total. The Morgan fingerprint density at radius 3 is 2.82 bits per heavy atom. The van der Waals surface area contributed by atoms with Crippen LogP contribution in [0.1, 0.15) is 12.8 Å². The van der Waals surface area contributed by atoms with E-state index in [0.29, 0.717) is 29.8 Å². The van der Waals surface area contributed by atoms with Crippen LogP contribution >= 0.6 is 24.0 Å². The number of ether oxygens (including phenoxy) is 1. The highest BCUT2D eigenvalue weighted by Crippen LogP contribution is 2.31.